The number of benzene rings is 1. The molecule has 0 heterocycles. The van der Waals surface area contributed by atoms with Crippen molar-refractivity contribution in [2.45, 2.75) is 20.8 Å². The zero-order valence-corrected chi connectivity index (χ0v) is 10.5. The third-order valence-corrected chi connectivity index (χ3v) is 2.55. The lowest BCUT2D eigenvalue weighted by Crippen LogP contribution is -2.05. The number of hydrogen-bond acceptors (Lipinski definition) is 2. The number of nitrogens with one attached hydrogen (secondary N) is 1. The first-order chi connectivity index (χ1) is 7.66. The SMILES string of the molecule is CNCC#CCOc1c(C)ccc(C)c1C. The predicted octanol–water partition coefficient (Wildman–Crippen LogP) is 2.21. The van der Waals surface area contributed by atoms with E-state index in [-0.39, 0.29) is 0 Å². The average molecular weight is 217 g/mol. The maximum atomic E-state index is 5.69. The quantitative estimate of drug-likeness (QED) is 0.784. The van der Waals surface area contributed by atoms with E-state index in [0.29, 0.717) is 13.2 Å². The van der Waals surface area contributed by atoms with Gasteiger partial charge in [-0.15, -0.1) is 0 Å². The Balaban J connectivity index is 2.68. The van der Waals surface area contributed by atoms with Gasteiger partial charge in [0.15, 0.2) is 0 Å². The summed E-state index contributed by atoms with van der Waals surface area (Å²) in [6.45, 7) is 7.39. The van der Waals surface area contributed by atoms with E-state index in [0.717, 1.165) is 5.75 Å². The van der Waals surface area contributed by atoms with Gasteiger partial charge in [-0.2, -0.15) is 0 Å². The van der Waals surface area contributed by atoms with Gasteiger partial charge < -0.3 is 10.1 Å². The van der Waals surface area contributed by atoms with Crippen LogP contribution >= 0.6 is 0 Å². The number of aryl methyl sites for hydroxylation is 2. The second kappa shape index (κ2) is 6.19. The van der Waals surface area contributed by atoms with E-state index in [1.807, 2.05) is 7.05 Å². The Labute approximate surface area is 98.0 Å². The molecule has 0 bridgehead atoms. The first kappa shape index (κ1) is 12.6. The maximum Gasteiger partial charge on any atom is 0.149 e. The van der Waals surface area contributed by atoms with Gasteiger partial charge in [-0.1, -0.05) is 24.0 Å². The zero-order chi connectivity index (χ0) is 12.0. The number of ether oxygens (including phenoxy) is 1. The van der Waals surface area contributed by atoms with Crippen LogP contribution in [0.4, 0.5) is 0 Å². The molecule has 0 unspecified atom stereocenters. The molecule has 0 aliphatic rings. The van der Waals surface area contributed by atoms with Crippen LogP contribution in [0.25, 0.3) is 0 Å². The van der Waals surface area contributed by atoms with Crippen LogP contribution in [0.15, 0.2) is 12.1 Å². The van der Waals surface area contributed by atoms with Crippen LogP contribution in [0.5, 0.6) is 5.75 Å². The molecule has 0 aliphatic carbocycles. The number of rotatable bonds is 3. The summed E-state index contributed by atoms with van der Waals surface area (Å²) in [6, 6.07) is 4.20. The summed E-state index contributed by atoms with van der Waals surface area (Å²) in [7, 11) is 1.88. The molecule has 0 amide bonds. The van der Waals surface area contributed by atoms with Crippen LogP contribution in [0.1, 0.15) is 16.7 Å². The Bertz CT molecular complexity index is 413. The molecule has 1 rings (SSSR count). The molecule has 0 radical (unpaired) electrons. The molecule has 2 heteroatoms. The summed E-state index contributed by atoms with van der Waals surface area (Å²) in [5.74, 6) is 6.92. The van der Waals surface area contributed by atoms with E-state index in [1.165, 1.54) is 16.7 Å². The molecule has 1 N–H and O–H groups in total. The minimum atomic E-state index is 0.451. The Kier molecular flexibility index (Phi) is 4.88. The van der Waals surface area contributed by atoms with Gasteiger partial charge in [-0.3, -0.25) is 0 Å². The highest BCUT2D eigenvalue weighted by Gasteiger charge is 2.04. The van der Waals surface area contributed by atoms with Crippen molar-refractivity contribution in [3.8, 4) is 17.6 Å². The van der Waals surface area contributed by atoms with E-state index >= 15 is 0 Å². The summed E-state index contributed by atoms with van der Waals surface area (Å²) < 4.78 is 5.69. The van der Waals surface area contributed by atoms with Crippen molar-refractivity contribution in [3.63, 3.8) is 0 Å². The molecule has 0 saturated carbocycles. The van der Waals surface area contributed by atoms with E-state index in [9.17, 15) is 0 Å². The first-order valence-electron chi connectivity index (χ1n) is 5.46. The highest BCUT2D eigenvalue weighted by Crippen LogP contribution is 2.25. The Morgan fingerprint density at radius 3 is 2.50 bits per heavy atom. The van der Waals surface area contributed by atoms with Crippen molar-refractivity contribution in [2.24, 2.45) is 0 Å². The topological polar surface area (TPSA) is 21.3 Å². The van der Waals surface area contributed by atoms with Crippen molar-refractivity contribution in [3.05, 3.63) is 28.8 Å². The third kappa shape index (κ3) is 3.29. The van der Waals surface area contributed by atoms with Gasteiger partial charge in [0.2, 0.25) is 0 Å². The molecule has 16 heavy (non-hydrogen) atoms. The highest BCUT2D eigenvalue weighted by molar-refractivity contribution is 5.44. The maximum absolute atomic E-state index is 5.69. The zero-order valence-electron chi connectivity index (χ0n) is 10.5. The molecular weight excluding hydrogens is 198 g/mol. The molecule has 1 aromatic rings. The molecule has 1 aromatic carbocycles. The molecule has 0 saturated heterocycles. The summed E-state index contributed by atoms with van der Waals surface area (Å²) in [5.41, 5.74) is 3.62. The van der Waals surface area contributed by atoms with E-state index < -0.39 is 0 Å². The molecule has 0 atom stereocenters. The smallest absolute Gasteiger partial charge is 0.149 e. The molecule has 0 spiro atoms. The van der Waals surface area contributed by atoms with Gasteiger partial charge in [-0.05, 0) is 44.5 Å². The van der Waals surface area contributed by atoms with Crippen molar-refractivity contribution >= 4 is 0 Å². The molecule has 0 fully saturated rings. The average Bonchev–Trinajstić information content (AvgIpc) is 2.28. The minimum Gasteiger partial charge on any atom is -0.480 e. The molecule has 2 nitrogen and oxygen atoms in total. The van der Waals surface area contributed by atoms with E-state index in [4.69, 9.17) is 4.74 Å². The fourth-order valence-corrected chi connectivity index (χ4v) is 1.46. The third-order valence-electron chi connectivity index (χ3n) is 2.55. The molecular formula is C14H19NO. The van der Waals surface area contributed by atoms with E-state index in [1.54, 1.807) is 0 Å². The van der Waals surface area contributed by atoms with Crippen molar-refractivity contribution < 1.29 is 4.74 Å². The highest BCUT2D eigenvalue weighted by atomic mass is 16.5. The van der Waals surface area contributed by atoms with Gasteiger partial charge in [0.1, 0.15) is 12.4 Å². The standard InChI is InChI=1S/C14H19NO/c1-11-7-8-12(2)14(13(11)3)16-10-6-5-9-15-4/h7-8,15H,9-10H2,1-4H3. The lowest BCUT2D eigenvalue weighted by molar-refractivity contribution is 0.364. The van der Waals surface area contributed by atoms with Crippen LogP contribution in [0.3, 0.4) is 0 Å². The monoisotopic (exact) mass is 217 g/mol. The Morgan fingerprint density at radius 2 is 1.81 bits per heavy atom. The molecule has 0 aliphatic heterocycles. The van der Waals surface area contributed by atoms with Crippen molar-refractivity contribution in [2.75, 3.05) is 20.2 Å². The van der Waals surface area contributed by atoms with Crippen molar-refractivity contribution in [1.29, 1.82) is 0 Å². The summed E-state index contributed by atoms with van der Waals surface area (Å²) in [5, 5.41) is 2.97. The largest absolute Gasteiger partial charge is 0.480 e. The predicted molar refractivity (Wildman–Crippen MR) is 67.9 cm³/mol. The summed E-state index contributed by atoms with van der Waals surface area (Å²) in [4.78, 5) is 0. The van der Waals surface area contributed by atoms with Crippen LogP contribution in [0.2, 0.25) is 0 Å². The Hall–Kier alpha value is -1.46. The lowest BCUT2D eigenvalue weighted by Gasteiger charge is -2.11. The molecule has 86 valence electrons. The normalized spacial score (nSPS) is 9.50. The fraction of sp³-hybridized carbons (Fsp3) is 0.429. The van der Waals surface area contributed by atoms with Gasteiger partial charge >= 0.3 is 0 Å². The van der Waals surface area contributed by atoms with Crippen LogP contribution < -0.4 is 10.1 Å². The van der Waals surface area contributed by atoms with E-state index in [2.05, 4.69) is 50.1 Å². The van der Waals surface area contributed by atoms with Gasteiger partial charge in [0.25, 0.3) is 0 Å². The second-order valence-electron chi connectivity index (χ2n) is 3.83. The number of hydrogen-bond donors (Lipinski definition) is 1. The van der Waals surface area contributed by atoms with Gasteiger partial charge in [0.05, 0.1) is 6.54 Å². The van der Waals surface area contributed by atoms with Gasteiger partial charge in [-0.25, -0.2) is 0 Å². The van der Waals surface area contributed by atoms with Crippen LogP contribution in [0, 0.1) is 32.6 Å². The molecule has 0 aromatic heterocycles. The Morgan fingerprint density at radius 1 is 1.12 bits per heavy atom. The fourth-order valence-electron chi connectivity index (χ4n) is 1.46. The first-order valence-corrected chi connectivity index (χ1v) is 5.46. The lowest BCUT2D eigenvalue weighted by atomic mass is 10.1. The minimum absolute atomic E-state index is 0.451. The second-order valence-corrected chi connectivity index (χ2v) is 3.83. The summed E-state index contributed by atoms with van der Waals surface area (Å²) >= 11 is 0. The van der Waals surface area contributed by atoms with Gasteiger partial charge in [0, 0.05) is 0 Å². The summed E-state index contributed by atoms with van der Waals surface area (Å²) in [6.07, 6.45) is 0. The van der Waals surface area contributed by atoms with Crippen LogP contribution in [-0.2, 0) is 0 Å². The van der Waals surface area contributed by atoms with Crippen molar-refractivity contribution in [1.82, 2.24) is 5.32 Å². The van der Waals surface area contributed by atoms with Crippen LogP contribution in [-0.4, -0.2) is 20.2 Å².